The quantitative estimate of drug-likeness (QED) is 0.666. The summed E-state index contributed by atoms with van der Waals surface area (Å²) in [6, 6.07) is 4.46. The smallest absolute Gasteiger partial charge is 0.252 e. The largest absolute Gasteiger partial charge is 0.353 e. The zero-order valence-electron chi connectivity index (χ0n) is 15.3. The van der Waals surface area contributed by atoms with Crippen molar-refractivity contribution in [3.63, 3.8) is 0 Å². The van der Waals surface area contributed by atoms with Crippen LogP contribution >= 0.6 is 0 Å². The number of aromatic nitrogens is 1. The first-order valence-electron chi connectivity index (χ1n) is 8.95. The van der Waals surface area contributed by atoms with Crippen LogP contribution in [0.25, 0.3) is 10.9 Å². The van der Waals surface area contributed by atoms with Crippen molar-refractivity contribution in [2.45, 2.75) is 45.7 Å². The van der Waals surface area contributed by atoms with Crippen LogP contribution in [-0.4, -0.2) is 29.5 Å². The molecule has 3 rings (SSSR count). The van der Waals surface area contributed by atoms with E-state index in [0.717, 1.165) is 13.0 Å². The molecule has 0 saturated carbocycles. The number of halogens is 1. The number of pyridine rings is 1. The first kappa shape index (κ1) is 18.5. The van der Waals surface area contributed by atoms with Crippen LogP contribution in [0.1, 0.15) is 31.4 Å². The Kier molecular flexibility index (Phi) is 5.38. The van der Waals surface area contributed by atoms with Gasteiger partial charge < -0.3 is 10.3 Å². The number of carbonyl (C=O) groups is 1. The maximum absolute atomic E-state index is 13.5. The number of hydrogen-bond donors (Lipinski definition) is 4. The van der Waals surface area contributed by atoms with Crippen LogP contribution in [0.3, 0.4) is 0 Å². The van der Waals surface area contributed by atoms with Gasteiger partial charge in [0.15, 0.2) is 0 Å². The van der Waals surface area contributed by atoms with E-state index in [1.54, 1.807) is 6.92 Å². The summed E-state index contributed by atoms with van der Waals surface area (Å²) in [6.45, 7) is 6.66. The third-order valence-electron chi connectivity index (χ3n) is 5.30. The average Bonchev–Trinajstić information content (AvgIpc) is 2.59. The predicted molar refractivity (Wildman–Crippen MR) is 99.3 cm³/mol. The van der Waals surface area contributed by atoms with Crippen molar-refractivity contribution in [3.05, 3.63) is 45.5 Å². The third kappa shape index (κ3) is 3.78. The van der Waals surface area contributed by atoms with Crippen molar-refractivity contribution in [1.29, 1.82) is 0 Å². The Morgan fingerprint density at radius 3 is 2.92 bits per heavy atom. The lowest BCUT2D eigenvalue weighted by Gasteiger charge is -2.35. The topological polar surface area (TPSA) is 86.0 Å². The molecule has 6 nitrogen and oxygen atoms in total. The van der Waals surface area contributed by atoms with E-state index in [1.807, 2.05) is 6.92 Å². The molecule has 1 aromatic carbocycles. The lowest BCUT2D eigenvalue weighted by molar-refractivity contribution is -0.121. The number of hydrazine groups is 1. The Bertz CT molecular complexity index is 880. The summed E-state index contributed by atoms with van der Waals surface area (Å²) in [7, 11) is 0. The Hall–Kier alpha value is -2.25. The zero-order valence-corrected chi connectivity index (χ0v) is 15.3. The van der Waals surface area contributed by atoms with Crippen molar-refractivity contribution >= 4 is 16.8 Å². The summed E-state index contributed by atoms with van der Waals surface area (Å²) in [5.41, 5.74) is 7.58. The molecular weight excluding hydrogens is 335 g/mol. The first-order valence-corrected chi connectivity index (χ1v) is 8.95. The van der Waals surface area contributed by atoms with Gasteiger partial charge in [0.1, 0.15) is 5.82 Å². The highest BCUT2D eigenvalue weighted by atomic mass is 19.1. The van der Waals surface area contributed by atoms with Crippen molar-refractivity contribution in [1.82, 2.24) is 21.2 Å². The maximum atomic E-state index is 13.5. The van der Waals surface area contributed by atoms with Gasteiger partial charge in [0.2, 0.25) is 5.91 Å². The van der Waals surface area contributed by atoms with Gasteiger partial charge in [-0.25, -0.2) is 4.39 Å². The Morgan fingerprint density at radius 1 is 1.42 bits per heavy atom. The summed E-state index contributed by atoms with van der Waals surface area (Å²) in [5.74, 6) is -0.262. The van der Waals surface area contributed by atoms with E-state index < -0.39 is 0 Å². The number of amides is 1. The van der Waals surface area contributed by atoms with Crippen molar-refractivity contribution in [2.75, 3.05) is 6.54 Å². The molecule has 1 aliphatic heterocycles. The molecule has 2 heterocycles. The van der Waals surface area contributed by atoms with Gasteiger partial charge >= 0.3 is 0 Å². The molecule has 1 fully saturated rings. The Balaban J connectivity index is 1.77. The Labute approximate surface area is 151 Å². The number of hydrogen-bond acceptors (Lipinski definition) is 4. The molecule has 4 N–H and O–H groups in total. The van der Waals surface area contributed by atoms with Crippen LogP contribution in [-0.2, 0) is 11.2 Å². The molecule has 0 bridgehead atoms. The molecule has 2 aromatic rings. The molecule has 1 aliphatic rings. The minimum atomic E-state index is -0.371. The lowest BCUT2D eigenvalue weighted by Crippen LogP contribution is -2.55. The summed E-state index contributed by atoms with van der Waals surface area (Å²) < 4.78 is 13.5. The number of carbonyl (C=O) groups excluding carboxylic acids is 1. The summed E-state index contributed by atoms with van der Waals surface area (Å²) in [6.07, 6.45) is 0.940. The van der Waals surface area contributed by atoms with E-state index in [0.29, 0.717) is 27.9 Å². The van der Waals surface area contributed by atoms with Crippen LogP contribution in [0, 0.1) is 18.7 Å². The van der Waals surface area contributed by atoms with E-state index in [2.05, 4.69) is 28.1 Å². The third-order valence-corrected chi connectivity index (χ3v) is 5.30. The van der Waals surface area contributed by atoms with Gasteiger partial charge in [0, 0.05) is 35.1 Å². The molecule has 2 unspecified atom stereocenters. The molecule has 7 heteroatoms. The predicted octanol–water partition coefficient (Wildman–Crippen LogP) is 1.53. The SMILES string of the molecule is Cc1c(CC(=O)N[C@H](C)C2CCNNC2C)c(=O)[nH]c2ccc(F)cc12. The van der Waals surface area contributed by atoms with Crippen LogP contribution in [0.2, 0.25) is 0 Å². The lowest BCUT2D eigenvalue weighted by atomic mass is 9.89. The first-order chi connectivity index (χ1) is 12.4. The van der Waals surface area contributed by atoms with E-state index in [1.165, 1.54) is 18.2 Å². The van der Waals surface area contributed by atoms with Crippen LogP contribution < -0.4 is 21.7 Å². The van der Waals surface area contributed by atoms with Crippen LogP contribution in [0.15, 0.2) is 23.0 Å². The van der Waals surface area contributed by atoms with Crippen molar-refractivity contribution < 1.29 is 9.18 Å². The van der Waals surface area contributed by atoms with E-state index >= 15 is 0 Å². The summed E-state index contributed by atoms with van der Waals surface area (Å²) in [5, 5.41) is 3.63. The second-order valence-corrected chi connectivity index (χ2v) is 7.09. The monoisotopic (exact) mass is 360 g/mol. The molecule has 0 spiro atoms. The van der Waals surface area contributed by atoms with Gasteiger partial charge in [-0.05, 0) is 56.9 Å². The summed E-state index contributed by atoms with van der Waals surface area (Å²) in [4.78, 5) is 27.6. The average molecular weight is 360 g/mol. The second-order valence-electron chi connectivity index (χ2n) is 7.09. The fraction of sp³-hybridized carbons (Fsp3) is 0.474. The van der Waals surface area contributed by atoms with Gasteiger partial charge in [-0.15, -0.1) is 0 Å². The van der Waals surface area contributed by atoms with Gasteiger partial charge in [0.05, 0.1) is 6.42 Å². The number of rotatable bonds is 4. The number of benzene rings is 1. The number of H-pyrrole nitrogens is 1. The molecule has 0 aliphatic carbocycles. The van der Waals surface area contributed by atoms with E-state index in [4.69, 9.17) is 0 Å². The van der Waals surface area contributed by atoms with Gasteiger partial charge in [-0.1, -0.05) is 0 Å². The Morgan fingerprint density at radius 2 is 2.19 bits per heavy atom. The fourth-order valence-corrected chi connectivity index (χ4v) is 3.76. The standard InChI is InChI=1S/C19H25FN4O2/c1-10-15-8-13(20)4-5-17(15)23-19(26)16(10)9-18(25)22-11(2)14-6-7-21-24-12(14)3/h4-5,8,11-12,14,21,24H,6-7,9H2,1-3H3,(H,22,25)(H,23,26)/t11-,12?,14?/m1/s1. The molecule has 26 heavy (non-hydrogen) atoms. The molecule has 0 radical (unpaired) electrons. The number of nitrogens with one attached hydrogen (secondary N) is 4. The van der Waals surface area contributed by atoms with E-state index in [9.17, 15) is 14.0 Å². The normalized spacial score (nSPS) is 21.5. The highest BCUT2D eigenvalue weighted by Crippen LogP contribution is 2.20. The maximum Gasteiger partial charge on any atom is 0.252 e. The molecular formula is C19H25FN4O2. The molecule has 140 valence electrons. The van der Waals surface area contributed by atoms with Crippen LogP contribution in [0.4, 0.5) is 4.39 Å². The van der Waals surface area contributed by atoms with Crippen molar-refractivity contribution in [2.24, 2.45) is 5.92 Å². The molecule has 1 aromatic heterocycles. The molecule has 1 amide bonds. The van der Waals surface area contributed by atoms with Gasteiger partial charge in [-0.3, -0.25) is 20.4 Å². The minimum absolute atomic E-state index is 0.00983. The summed E-state index contributed by atoms with van der Waals surface area (Å²) >= 11 is 0. The molecule has 1 saturated heterocycles. The van der Waals surface area contributed by atoms with Gasteiger partial charge in [-0.2, -0.15) is 0 Å². The van der Waals surface area contributed by atoms with Crippen molar-refractivity contribution in [3.8, 4) is 0 Å². The molecule has 3 atom stereocenters. The highest BCUT2D eigenvalue weighted by Gasteiger charge is 2.27. The number of aromatic amines is 1. The minimum Gasteiger partial charge on any atom is -0.353 e. The van der Waals surface area contributed by atoms with Crippen LogP contribution in [0.5, 0.6) is 0 Å². The number of aryl methyl sites for hydroxylation is 1. The fourth-order valence-electron chi connectivity index (χ4n) is 3.76. The zero-order chi connectivity index (χ0) is 18.8. The van der Waals surface area contributed by atoms with Gasteiger partial charge in [0.25, 0.3) is 5.56 Å². The second kappa shape index (κ2) is 7.55. The highest BCUT2D eigenvalue weighted by molar-refractivity contribution is 5.85. The van der Waals surface area contributed by atoms with E-state index in [-0.39, 0.29) is 35.8 Å². The number of fused-ring (bicyclic) bond motifs is 1.